The van der Waals surface area contributed by atoms with Gasteiger partial charge in [-0.05, 0) is 146 Å². The molecule has 11 heteroatoms. The van der Waals surface area contributed by atoms with E-state index >= 15 is 0 Å². The number of hydrogen-bond donors (Lipinski definition) is 2. The molecule has 5 nitrogen and oxygen atoms in total. The maximum absolute atomic E-state index is 12.6. The van der Waals surface area contributed by atoms with Gasteiger partial charge < -0.3 is 0 Å². The summed E-state index contributed by atoms with van der Waals surface area (Å²) in [5, 5.41) is 6.75. The van der Waals surface area contributed by atoms with Crippen LogP contribution in [0.3, 0.4) is 0 Å². The molecule has 1 aliphatic heterocycles. The molecule has 0 aliphatic carbocycles. The summed E-state index contributed by atoms with van der Waals surface area (Å²) in [5.41, 5.74) is 7.41. The Morgan fingerprint density at radius 2 is 0.743 bits per heavy atom. The summed E-state index contributed by atoms with van der Waals surface area (Å²) in [7, 11) is 0. The molecule has 1 aliphatic rings. The lowest BCUT2D eigenvalue weighted by Gasteiger charge is -2.13. The van der Waals surface area contributed by atoms with Gasteiger partial charge in [-0.25, -0.2) is 4.79 Å². The molecule has 0 spiro atoms. The van der Waals surface area contributed by atoms with E-state index in [0.29, 0.717) is 0 Å². The monoisotopic (exact) mass is 1050 g/mol. The van der Waals surface area contributed by atoms with E-state index in [1.54, 1.807) is 23.0 Å². The van der Waals surface area contributed by atoms with Crippen molar-refractivity contribution in [1.82, 2.24) is 10.6 Å². The zero-order chi connectivity index (χ0) is 49.2. The first-order valence-corrected chi connectivity index (χ1v) is 31.8. The normalized spacial score (nSPS) is 12.9. The molecule has 1 fully saturated rings. The highest BCUT2D eigenvalue weighted by molar-refractivity contribution is 7.30. The zero-order valence-electron chi connectivity index (χ0n) is 42.5. The molecule has 70 heavy (non-hydrogen) atoms. The minimum absolute atomic E-state index is 0.0486. The fourth-order valence-electron chi connectivity index (χ4n) is 9.50. The molecule has 0 atom stereocenters. The third-order valence-corrected chi connectivity index (χ3v) is 21.1. The van der Waals surface area contributed by atoms with Gasteiger partial charge in [-0.15, -0.1) is 68.0 Å². The molecule has 4 amide bonds. The van der Waals surface area contributed by atoms with Crippen LogP contribution < -0.4 is 10.6 Å². The van der Waals surface area contributed by atoms with E-state index in [0.717, 1.165) is 41.9 Å². The molecule has 6 aromatic rings. The number of urea groups is 1. The zero-order valence-corrected chi connectivity index (χ0v) is 47.4. The number of thiophene rings is 6. The van der Waals surface area contributed by atoms with E-state index in [2.05, 4.69) is 110 Å². The molecule has 6 aromatic heterocycles. The number of rotatable bonds is 31. The second kappa shape index (κ2) is 28.1. The standard InChI is InChI=1S/C59H76N2O3S6/c1-6-11-16-21-26-40-33-34-65-52(40)48-35-42(28-23-18-13-8-3)54(67-48)50-37-44(30-25-20-15-10-5)56(69-50)51-38-43(29-24-19-14-9-4)55(70-51)49-36-41(27-22-17-12-7-2)53(68-49)47-32-31-45(66-47)39-46-57(62)60-59(64)61-58(46)63/h31-39H,6-30H2,1-5H3,(H2,60,61,62,63,64). The summed E-state index contributed by atoms with van der Waals surface area (Å²) >= 11 is 11.6. The van der Waals surface area contributed by atoms with E-state index in [-0.39, 0.29) is 5.57 Å². The molecule has 0 radical (unpaired) electrons. The van der Waals surface area contributed by atoms with Crippen molar-refractivity contribution in [1.29, 1.82) is 0 Å². The topological polar surface area (TPSA) is 75.3 Å². The van der Waals surface area contributed by atoms with Gasteiger partial charge in [0.25, 0.3) is 11.8 Å². The minimum Gasteiger partial charge on any atom is -0.273 e. The van der Waals surface area contributed by atoms with Crippen LogP contribution in [0, 0.1) is 0 Å². The molecule has 7 rings (SSSR count). The van der Waals surface area contributed by atoms with Gasteiger partial charge in [-0.2, -0.15) is 0 Å². The molecule has 7 heterocycles. The third kappa shape index (κ3) is 14.6. The number of amides is 4. The van der Waals surface area contributed by atoms with Gasteiger partial charge in [-0.3, -0.25) is 20.2 Å². The van der Waals surface area contributed by atoms with Gasteiger partial charge in [0.1, 0.15) is 5.57 Å². The SMILES string of the molecule is CCCCCCc1ccsc1-c1cc(CCCCCC)c(-c2cc(CCCCCC)c(-c3cc(CCCCCC)c(-c4cc(CCCCCC)c(-c5ccc(C=C6C(=O)NC(=O)NC6=O)s5)s4)s3)s2)s1. The maximum Gasteiger partial charge on any atom is 0.328 e. The third-order valence-electron chi connectivity index (χ3n) is 13.5. The maximum atomic E-state index is 12.6. The highest BCUT2D eigenvalue weighted by Gasteiger charge is 2.28. The van der Waals surface area contributed by atoms with Crippen LogP contribution in [0.25, 0.3) is 54.8 Å². The van der Waals surface area contributed by atoms with Crippen molar-refractivity contribution in [2.24, 2.45) is 0 Å². The Hall–Kier alpha value is -3.45. The number of carbonyl (C=O) groups is 3. The van der Waals surface area contributed by atoms with E-state index in [1.165, 1.54) is 195 Å². The van der Waals surface area contributed by atoms with Gasteiger partial charge in [0.2, 0.25) is 0 Å². The molecular weight excluding hydrogens is 977 g/mol. The van der Waals surface area contributed by atoms with Crippen molar-refractivity contribution in [3.8, 4) is 48.8 Å². The van der Waals surface area contributed by atoms with Gasteiger partial charge in [0, 0.05) is 53.6 Å². The Labute approximate surface area is 443 Å². The van der Waals surface area contributed by atoms with Crippen LogP contribution >= 0.6 is 68.0 Å². The molecule has 0 unspecified atom stereocenters. The largest absolute Gasteiger partial charge is 0.328 e. The minimum atomic E-state index is -0.781. The van der Waals surface area contributed by atoms with Crippen molar-refractivity contribution in [3.63, 3.8) is 0 Å². The van der Waals surface area contributed by atoms with Crippen LogP contribution in [-0.4, -0.2) is 17.8 Å². The predicted molar refractivity (Wildman–Crippen MR) is 310 cm³/mol. The lowest BCUT2D eigenvalue weighted by atomic mass is 10.0. The van der Waals surface area contributed by atoms with Gasteiger partial charge in [0.15, 0.2) is 0 Å². The van der Waals surface area contributed by atoms with Crippen molar-refractivity contribution in [3.05, 3.63) is 86.1 Å². The molecule has 2 N–H and O–H groups in total. The Morgan fingerprint density at radius 3 is 1.13 bits per heavy atom. The number of carbonyl (C=O) groups excluding carboxylic acids is 3. The first-order valence-electron chi connectivity index (χ1n) is 26.8. The molecular formula is C59H76N2O3S6. The summed E-state index contributed by atoms with van der Waals surface area (Å²) in [6.07, 6.45) is 32.1. The highest BCUT2D eigenvalue weighted by Crippen LogP contribution is 2.52. The van der Waals surface area contributed by atoms with Crippen LogP contribution in [0.5, 0.6) is 0 Å². The summed E-state index contributed by atoms with van der Waals surface area (Å²) in [5.74, 6) is -1.33. The number of unbranched alkanes of at least 4 members (excludes halogenated alkanes) is 15. The van der Waals surface area contributed by atoms with E-state index in [9.17, 15) is 14.4 Å². The van der Waals surface area contributed by atoms with Crippen LogP contribution in [0.15, 0.2) is 53.4 Å². The molecule has 1 saturated heterocycles. The smallest absolute Gasteiger partial charge is 0.273 e. The van der Waals surface area contributed by atoms with Crippen LogP contribution in [0.2, 0.25) is 0 Å². The van der Waals surface area contributed by atoms with Gasteiger partial charge >= 0.3 is 6.03 Å². The number of nitrogens with one attached hydrogen (secondary N) is 2. The Balaban J connectivity index is 1.29. The van der Waals surface area contributed by atoms with Crippen LogP contribution in [0.4, 0.5) is 4.79 Å². The summed E-state index contributed by atoms with van der Waals surface area (Å²) in [6, 6.07) is 16.0. The lowest BCUT2D eigenvalue weighted by molar-refractivity contribution is -0.123. The van der Waals surface area contributed by atoms with Crippen LogP contribution in [-0.2, 0) is 41.7 Å². The Kier molecular flexibility index (Phi) is 21.8. The lowest BCUT2D eigenvalue weighted by Crippen LogP contribution is -2.51. The van der Waals surface area contributed by atoms with E-state index in [4.69, 9.17) is 0 Å². The van der Waals surface area contributed by atoms with Crippen molar-refractivity contribution in [2.75, 3.05) is 0 Å². The van der Waals surface area contributed by atoms with Gasteiger partial charge in [0.05, 0.1) is 0 Å². The molecule has 0 saturated carbocycles. The van der Waals surface area contributed by atoms with E-state index < -0.39 is 17.8 Å². The number of aryl methyl sites for hydroxylation is 5. The van der Waals surface area contributed by atoms with Crippen molar-refractivity contribution in [2.45, 2.75) is 195 Å². The van der Waals surface area contributed by atoms with Crippen LogP contribution in [0.1, 0.15) is 196 Å². The first kappa shape index (κ1) is 54.3. The molecule has 376 valence electrons. The number of barbiturate groups is 1. The van der Waals surface area contributed by atoms with Crippen molar-refractivity contribution < 1.29 is 14.4 Å². The first-order chi connectivity index (χ1) is 34.2. The Bertz CT molecular complexity index is 2620. The quantitative estimate of drug-likeness (QED) is 0.0259. The second-order valence-corrected chi connectivity index (χ2v) is 25.4. The fourth-order valence-corrected chi connectivity index (χ4v) is 17.0. The second-order valence-electron chi connectivity index (χ2n) is 19.2. The average molecular weight is 1050 g/mol. The highest BCUT2D eigenvalue weighted by atomic mass is 32.1. The number of hydrogen-bond acceptors (Lipinski definition) is 9. The Morgan fingerprint density at radius 1 is 0.386 bits per heavy atom. The summed E-state index contributed by atoms with van der Waals surface area (Å²) in [6.45, 7) is 11.5. The van der Waals surface area contributed by atoms with Crippen molar-refractivity contribution >= 4 is 91.9 Å². The van der Waals surface area contributed by atoms with E-state index in [1.807, 2.05) is 40.1 Å². The summed E-state index contributed by atoms with van der Waals surface area (Å²) < 4.78 is 0. The fraction of sp³-hybridized carbons (Fsp3) is 0.508. The molecule has 0 bridgehead atoms. The summed E-state index contributed by atoms with van der Waals surface area (Å²) in [4.78, 5) is 51.8. The average Bonchev–Trinajstić information content (AvgIpc) is 4.22. The number of imide groups is 2. The molecule has 0 aromatic carbocycles. The predicted octanol–water partition coefficient (Wildman–Crippen LogP) is 19.8. The van der Waals surface area contributed by atoms with Gasteiger partial charge in [-0.1, -0.05) is 131 Å².